The number of nitrogens with one attached hydrogen (secondary N) is 2. The Morgan fingerprint density at radius 3 is 1.96 bits per heavy atom. The van der Waals surface area contributed by atoms with Crippen molar-refractivity contribution in [2.45, 2.75) is 13.2 Å². The molecule has 0 aromatic heterocycles. The predicted molar refractivity (Wildman–Crippen MR) is 99.2 cm³/mol. The van der Waals surface area contributed by atoms with Crippen molar-refractivity contribution in [2.24, 2.45) is 20.7 Å². The standard InChI is InChI=1S/C17H20N8O/c1-12(26)18-13-4-6-14(7-5-13)19-15-8-10-16(11-9-15)20-21-17-24(2)22-23-25(17)3/h4-11,17,19H,1-3H3,(H,18,26). The Morgan fingerprint density at radius 1 is 0.923 bits per heavy atom. The zero-order valence-corrected chi connectivity index (χ0v) is 14.8. The van der Waals surface area contributed by atoms with Gasteiger partial charge in [0.15, 0.2) is 0 Å². The van der Waals surface area contributed by atoms with Crippen LogP contribution in [0.5, 0.6) is 0 Å². The van der Waals surface area contributed by atoms with E-state index in [1.165, 1.54) is 6.92 Å². The number of anilines is 3. The van der Waals surface area contributed by atoms with E-state index in [0.29, 0.717) is 0 Å². The second kappa shape index (κ2) is 7.60. The van der Waals surface area contributed by atoms with Crippen LogP contribution in [0.15, 0.2) is 69.2 Å². The van der Waals surface area contributed by atoms with E-state index in [4.69, 9.17) is 0 Å². The third-order valence-corrected chi connectivity index (χ3v) is 3.63. The van der Waals surface area contributed by atoms with Crippen molar-refractivity contribution in [3.63, 3.8) is 0 Å². The van der Waals surface area contributed by atoms with E-state index < -0.39 is 0 Å². The molecule has 9 heteroatoms. The molecule has 2 N–H and O–H groups in total. The highest BCUT2D eigenvalue weighted by Crippen LogP contribution is 2.23. The lowest BCUT2D eigenvalue weighted by Gasteiger charge is -2.16. The van der Waals surface area contributed by atoms with Crippen molar-refractivity contribution in [2.75, 3.05) is 24.7 Å². The van der Waals surface area contributed by atoms with Gasteiger partial charge in [0.25, 0.3) is 0 Å². The Hall–Kier alpha value is -3.49. The van der Waals surface area contributed by atoms with Gasteiger partial charge in [0.2, 0.25) is 12.2 Å². The van der Waals surface area contributed by atoms with Gasteiger partial charge >= 0.3 is 0 Å². The lowest BCUT2D eigenvalue weighted by molar-refractivity contribution is -0.114. The number of benzene rings is 2. The fourth-order valence-electron chi connectivity index (χ4n) is 2.35. The summed E-state index contributed by atoms with van der Waals surface area (Å²) in [6.45, 7) is 1.48. The fraction of sp³-hybridized carbons (Fsp3) is 0.235. The molecule has 9 nitrogen and oxygen atoms in total. The van der Waals surface area contributed by atoms with E-state index in [1.54, 1.807) is 24.1 Å². The second-order valence-corrected chi connectivity index (χ2v) is 5.82. The molecule has 0 saturated carbocycles. The van der Waals surface area contributed by atoms with Gasteiger partial charge in [-0.05, 0) is 59.0 Å². The Kier molecular flexibility index (Phi) is 5.07. The number of azo groups is 1. The molecule has 1 amide bonds. The molecule has 134 valence electrons. The zero-order chi connectivity index (χ0) is 18.5. The first-order valence-corrected chi connectivity index (χ1v) is 8.04. The first-order valence-electron chi connectivity index (χ1n) is 8.04. The van der Waals surface area contributed by atoms with Crippen LogP contribution in [0.3, 0.4) is 0 Å². The minimum absolute atomic E-state index is 0.0900. The molecule has 0 bridgehead atoms. The molecule has 0 aliphatic carbocycles. The Labute approximate surface area is 151 Å². The minimum atomic E-state index is -0.324. The third-order valence-electron chi connectivity index (χ3n) is 3.63. The second-order valence-electron chi connectivity index (χ2n) is 5.82. The Balaban J connectivity index is 1.60. The van der Waals surface area contributed by atoms with E-state index in [-0.39, 0.29) is 12.2 Å². The molecule has 0 atom stereocenters. The highest BCUT2D eigenvalue weighted by molar-refractivity contribution is 5.88. The van der Waals surface area contributed by atoms with Gasteiger partial charge in [-0.1, -0.05) is 0 Å². The lowest BCUT2D eigenvalue weighted by Crippen LogP contribution is -2.31. The van der Waals surface area contributed by atoms with Gasteiger partial charge in [-0.3, -0.25) is 4.79 Å². The summed E-state index contributed by atoms with van der Waals surface area (Å²) in [5, 5.41) is 25.5. The molecule has 1 aliphatic rings. The van der Waals surface area contributed by atoms with Crippen LogP contribution in [0.25, 0.3) is 0 Å². The SMILES string of the molecule is CC(=O)Nc1ccc(Nc2ccc(N=NC3N(C)N=NN3C)cc2)cc1. The van der Waals surface area contributed by atoms with Crippen molar-refractivity contribution >= 4 is 28.7 Å². The molecule has 2 aromatic rings. The van der Waals surface area contributed by atoms with Crippen LogP contribution in [0.1, 0.15) is 6.92 Å². The van der Waals surface area contributed by atoms with E-state index in [2.05, 4.69) is 31.3 Å². The maximum absolute atomic E-state index is 11.0. The highest BCUT2D eigenvalue weighted by atomic mass is 16.1. The molecule has 0 unspecified atom stereocenters. The fourth-order valence-corrected chi connectivity index (χ4v) is 2.35. The molecule has 26 heavy (non-hydrogen) atoms. The van der Waals surface area contributed by atoms with E-state index >= 15 is 0 Å². The molecule has 1 aliphatic heterocycles. The van der Waals surface area contributed by atoms with Gasteiger partial charge in [-0.15, -0.1) is 5.11 Å². The van der Waals surface area contributed by atoms with E-state index in [9.17, 15) is 4.79 Å². The Bertz CT molecular complexity index is 804. The van der Waals surface area contributed by atoms with E-state index in [1.807, 2.05) is 48.5 Å². The van der Waals surface area contributed by atoms with Crippen LogP contribution in [0, 0.1) is 0 Å². The number of hydrogen-bond acceptors (Lipinski definition) is 8. The molecule has 0 radical (unpaired) electrons. The summed E-state index contributed by atoms with van der Waals surface area (Å²) < 4.78 is 0. The van der Waals surface area contributed by atoms with Crippen LogP contribution in [0.2, 0.25) is 0 Å². The van der Waals surface area contributed by atoms with Crippen LogP contribution in [-0.4, -0.2) is 36.3 Å². The molecule has 1 heterocycles. The van der Waals surface area contributed by atoms with Gasteiger partial charge in [0.05, 0.1) is 5.69 Å². The first-order chi connectivity index (χ1) is 12.5. The maximum Gasteiger partial charge on any atom is 0.250 e. The van der Waals surface area contributed by atoms with Gasteiger partial charge in [0.1, 0.15) is 0 Å². The van der Waals surface area contributed by atoms with Gasteiger partial charge in [-0.2, -0.15) is 5.11 Å². The van der Waals surface area contributed by atoms with Gasteiger partial charge in [-0.25, -0.2) is 10.0 Å². The molecule has 0 fully saturated rings. The Morgan fingerprint density at radius 2 is 1.42 bits per heavy atom. The summed E-state index contributed by atoms with van der Waals surface area (Å²) in [6.07, 6.45) is -0.324. The van der Waals surface area contributed by atoms with Crippen molar-refractivity contribution in [1.29, 1.82) is 0 Å². The van der Waals surface area contributed by atoms with Crippen molar-refractivity contribution in [3.8, 4) is 0 Å². The molecular formula is C17H20N8O. The summed E-state index contributed by atoms with van der Waals surface area (Å²) in [6, 6.07) is 15.1. The number of carbonyl (C=O) groups excluding carboxylic acids is 1. The normalized spacial score (nSPS) is 14.3. The number of hydrogen-bond donors (Lipinski definition) is 2. The average Bonchev–Trinajstić information content (AvgIpc) is 2.94. The van der Waals surface area contributed by atoms with Crippen LogP contribution >= 0.6 is 0 Å². The van der Waals surface area contributed by atoms with Crippen molar-refractivity contribution < 1.29 is 4.79 Å². The first kappa shape index (κ1) is 17.3. The number of amides is 1. The van der Waals surface area contributed by atoms with Crippen molar-refractivity contribution in [3.05, 3.63) is 48.5 Å². The minimum Gasteiger partial charge on any atom is -0.356 e. The quantitative estimate of drug-likeness (QED) is 0.797. The molecule has 3 rings (SSSR count). The number of nitrogens with zero attached hydrogens (tertiary/aromatic N) is 6. The monoisotopic (exact) mass is 352 g/mol. The lowest BCUT2D eigenvalue weighted by atomic mass is 10.2. The molecule has 2 aromatic carbocycles. The summed E-state index contributed by atoms with van der Waals surface area (Å²) >= 11 is 0. The van der Waals surface area contributed by atoms with Crippen molar-refractivity contribution in [1.82, 2.24) is 10.0 Å². The van der Waals surface area contributed by atoms with Gasteiger partial charge in [0, 0.05) is 38.1 Å². The summed E-state index contributed by atoms with van der Waals surface area (Å²) in [5.74, 6) is -0.0900. The maximum atomic E-state index is 11.0. The van der Waals surface area contributed by atoms with Gasteiger partial charge < -0.3 is 10.6 Å². The average molecular weight is 352 g/mol. The molecular weight excluding hydrogens is 332 g/mol. The van der Waals surface area contributed by atoms with Crippen LogP contribution in [0.4, 0.5) is 22.7 Å². The summed E-state index contributed by atoms with van der Waals surface area (Å²) in [4.78, 5) is 11.0. The largest absolute Gasteiger partial charge is 0.356 e. The molecule has 0 spiro atoms. The number of rotatable bonds is 5. The van der Waals surface area contributed by atoms with Crippen LogP contribution < -0.4 is 10.6 Å². The predicted octanol–water partition coefficient (Wildman–Crippen LogP) is 3.92. The zero-order valence-electron chi connectivity index (χ0n) is 14.8. The third kappa shape index (κ3) is 4.32. The smallest absolute Gasteiger partial charge is 0.250 e. The molecule has 0 saturated heterocycles. The van der Waals surface area contributed by atoms with Crippen LogP contribution in [-0.2, 0) is 4.79 Å². The topological polar surface area (TPSA) is 97.0 Å². The summed E-state index contributed by atoms with van der Waals surface area (Å²) in [5.41, 5.74) is 3.35. The van der Waals surface area contributed by atoms with E-state index in [0.717, 1.165) is 22.7 Å². The number of carbonyl (C=O) groups is 1. The highest BCUT2D eigenvalue weighted by Gasteiger charge is 2.22. The summed E-state index contributed by atoms with van der Waals surface area (Å²) in [7, 11) is 3.59.